The molecular formula is C24H22O4. The number of carbonyl (C=O) groups excluding carboxylic acids is 1. The number of ether oxygens (including phenoxy) is 1. The van der Waals surface area contributed by atoms with Gasteiger partial charge in [0.15, 0.2) is 5.41 Å². The molecule has 0 saturated carbocycles. The Morgan fingerprint density at radius 1 is 0.679 bits per heavy atom. The molecule has 0 atom stereocenters. The van der Waals surface area contributed by atoms with Crippen molar-refractivity contribution in [1.29, 1.82) is 0 Å². The third-order valence-corrected chi connectivity index (χ3v) is 4.71. The molecule has 0 fully saturated rings. The Labute approximate surface area is 164 Å². The Bertz CT molecular complexity index is 864. The highest BCUT2D eigenvalue weighted by molar-refractivity contribution is 5.99. The summed E-state index contributed by atoms with van der Waals surface area (Å²) in [7, 11) is 0. The van der Waals surface area contributed by atoms with Crippen LogP contribution >= 0.6 is 0 Å². The van der Waals surface area contributed by atoms with Gasteiger partial charge in [-0.25, -0.2) is 0 Å². The van der Waals surface area contributed by atoms with Crippen LogP contribution in [0.4, 0.5) is 0 Å². The molecule has 142 valence electrons. The number of carbonyl (C=O) groups is 2. The number of aliphatic carboxylic acids is 1. The maximum atomic E-state index is 13.1. The number of esters is 1. The lowest BCUT2D eigenvalue weighted by atomic mass is 9.76. The topological polar surface area (TPSA) is 63.6 Å². The van der Waals surface area contributed by atoms with Gasteiger partial charge in [-0.3, -0.25) is 9.59 Å². The van der Waals surface area contributed by atoms with Gasteiger partial charge in [0.05, 0.1) is 0 Å². The molecule has 0 spiro atoms. The van der Waals surface area contributed by atoms with Gasteiger partial charge in [0.1, 0.15) is 6.61 Å². The second-order valence-corrected chi connectivity index (χ2v) is 6.77. The van der Waals surface area contributed by atoms with Crippen LogP contribution in [0.3, 0.4) is 0 Å². The molecule has 0 amide bonds. The van der Waals surface area contributed by atoms with E-state index in [9.17, 15) is 14.7 Å². The Morgan fingerprint density at radius 3 is 1.46 bits per heavy atom. The fourth-order valence-electron chi connectivity index (χ4n) is 3.20. The molecule has 0 saturated heterocycles. The van der Waals surface area contributed by atoms with Gasteiger partial charge >= 0.3 is 11.9 Å². The molecule has 3 aromatic carbocycles. The van der Waals surface area contributed by atoms with Crippen LogP contribution in [0.25, 0.3) is 0 Å². The van der Waals surface area contributed by atoms with Crippen LogP contribution in [-0.2, 0) is 33.8 Å². The lowest BCUT2D eigenvalue weighted by molar-refractivity contribution is -0.170. The number of rotatable bonds is 8. The van der Waals surface area contributed by atoms with Crippen molar-refractivity contribution in [2.24, 2.45) is 5.41 Å². The number of carboxylic acid groups (broad SMARTS) is 1. The summed E-state index contributed by atoms with van der Waals surface area (Å²) < 4.78 is 5.48. The molecule has 0 unspecified atom stereocenters. The van der Waals surface area contributed by atoms with Crippen molar-refractivity contribution in [3.63, 3.8) is 0 Å². The van der Waals surface area contributed by atoms with E-state index in [0.717, 1.165) is 16.7 Å². The number of benzene rings is 3. The molecule has 0 heterocycles. The smallest absolute Gasteiger partial charge is 0.324 e. The van der Waals surface area contributed by atoms with Crippen LogP contribution < -0.4 is 0 Å². The van der Waals surface area contributed by atoms with Crippen LogP contribution in [-0.4, -0.2) is 17.0 Å². The fraction of sp³-hybridized carbons (Fsp3) is 0.167. The first kappa shape index (κ1) is 19.4. The van der Waals surface area contributed by atoms with E-state index >= 15 is 0 Å². The normalized spacial score (nSPS) is 11.0. The van der Waals surface area contributed by atoms with Gasteiger partial charge in [0, 0.05) is 0 Å². The molecule has 28 heavy (non-hydrogen) atoms. The van der Waals surface area contributed by atoms with Crippen LogP contribution in [0.15, 0.2) is 91.0 Å². The Morgan fingerprint density at radius 2 is 1.07 bits per heavy atom. The van der Waals surface area contributed by atoms with Crippen molar-refractivity contribution in [1.82, 2.24) is 0 Å². The van der Waals surface area contributed by atoms with Crippen LogP contribution in [0.2, 0.25) is 0 Å². The van der Waals surface area contributed by atoms with E-state index in [2.05, 4.69) is 0 Å². The molecule has 4 heteroatoms. The number of hydrogen-bond acceptors (Lipinski definition) is 3. The van der Waals surface area contributed by atoms with Crippen LogP contribution in [0, 0.1) is 5.41 Å². The molecule has 0 aliphatic rings. The van der Waals surface area contributed by atoms with Gasteiger partial charge in [-0.05, 0) is 29.5 Å². The Kier molecular flexibility index (Phi) is 6.22. The van der Waals surface area contributed by atoms with Gasteiger partial charge in [-0.2, -0.15) is 0 Å². The zero-order chi connectivity index (χ0) is 19.8. The zero-order valence-electron chi connectivity index (χ0n) is 15.5. The fourth-order valence-corrected chi connectivity index (χ4v) is 3.20. The summed E-state index contributed by atoms with van der Waals surface area (Å²) in [5.74, 6) is -1.91. The highest BCUT2D eigenvalue weighted by Crippen LogP contribution is 2.31. The minimum absolute atomic E-state index is 0.0400. The molecule has 0 aliphatic carbocycles. The first-order valence-electron chi connectivity index (χ1n) is 9.12. The lowest BCUT2D eigenvalue weighted by Gasteiger charge is -2.28. The van der Waals surface area contributed by atoms with E-state index < -0.39 is 17.4 Å². The molecular weight excluding hydrogens is 352 g/mol. The third-order valence-electron chi connectivity index (χ3n) is 4.71. The largest absolute Gasteiger partial charge is 0.480 e. The van der Waals surface area contributed by atoms with Crippen molar-refractivity contribution in [2.45, 2.75) is 19.4 Å². The van der Waals surface area contributed by atoms with E-state index in [1.54, 1.807) is 0 Å². The minimum atomic E-state index is -1.70. The summed E-state index contributed by atoms with van der Waals surface area (Å²) in [6, 6.07) is 27.6. The van der Waals surface area contributed by atoms with Crippen molar-refractivity contribution in [3.05, 3.63) is 108 Å². The molecule has 4 nitrogen and oxygen atoms in total. The monoisotopic (exact) mass is 374 g/mol. The number of hydrogen-bond donors (Lipinski definition) is 1. The predicted molar refractivity (Wildman–Crippen MR) is 107 cm³/mol. The van der Waals surface area contributed by atoms with Gasteiger partial charge in [-0.15, -0.1) is 0 Å². The SMILES string of the molecule is O=C(O)C(Cc1ccccc1)(Cc1ccccc1)C(=O)OCc1ccccc1. The summed E-state index contributed by atoms with van der Waals surface area (Å²) in [6.45, 7) is 0.0400. The first-order valence-corrected chi connectivity index (χ1v) is 9.12. The molecule has 3 rings (SSSR count). The maximum Gasteiger partial charge on any atom is 0.324 e. The van der Waals surface area contributed by atoms with E-state index in [1.807, 2.05) is 91.0 Å². The van der Waals surface area contributed by atoms with Gasteiger partial charge in [0.25, 0.3) is 0 Å². The Hall–Kier alpha value is -3.40. The summed E-state index contributed by atoms with van der Waals surface area (Å²) in [6.07, 6.45) is 0.122. The molecule has 0 radical (unpaired) electrons. The average molecular weight is 374 g/mol. The maximum absolute atomic E-state index is 13.1. The standard InChI is InChI=1S/C24H22O4/c25-22(26)24(16-19-10-4-1-5-11-19,17-20-12-6-2-7-13-20)23(27)28-18-21-14-8-3-9-15-21/h1-15H,16-18H2,(H,25,26). The summed E-state index contributed by atoms with van der Waals surface area (Å²) in [5, 5.41) is 10.1. The molecule has 0 aromatic heterocycles. The number of carboxylic acids is 1. The first-order chi connectivity index (χ1) is 13.6. The minimum Gasteiger partial charge on any atom is -0.480 e. The van der Waals surface area contributed by atoms with Crippen LogP contribution in [0.5, 0.6) is 0 Å². The Balaban J connectivity index is 1.91. The summed E-state index contributed by atoms with van der Waals surface area (Å²) in [4.78, 5) is 25.5. The zero-order valence-corrected chi connectivity index (χ0v) is 15.5. The second kappa shape index (κ2) is 9.00. The van der Waals surface area contributed by atoms with Crippen molar-refractivity contribution < 1.29 is 19.4 Å². The molecule has 1 N–H and O–H groups in total. The van der Waals surface area contributed by atoms with Gasteiger partial charge in [0.2, 0.25) is 0 Å². The molecule has 0 aliphatic heterocycles. The van der Waals surface area contributed by atoms with Crippen LogP contribution in [0.1, 0.15) is 16.7 Å². The molecule has 3 aromatic rings. The van der Waals surface area contributed by atoms with E-state index in [4.69, 9.17) is 4.74 Å². The highest BCUT2D eigenvalue weighted by Gasteiger charge is 2.48. The van der Waals surface area contributed by atoms with E-state index in [1.165, 1.54) is 0 Å². The quantitative estimate of drug-likeness (QED) is 0.472. The van der Waals surface area contributed by atoms with Gasteiger partial charge < -0.3 is 9.84 Å². The van der Waals surface area contributed by atoms with Crippen molar-refractivity contribution >= 4 is 11.9 Å². The average Bonchev–Trinajstić information content (AvgIpc) is 2.73. The lowest BCUT2D eigenvalue weighted by Crippen LogP contribution is -2.44. The summed E-state index contributed by atoms with van der Waals surface area (Å²) in [5.41, 5.74) is 0.668. The third kappa shape index (κ3) is 4.65. The predicted octanol–water partition coefficient (Wildman–Crippen LogP) is 4.29. The van der Waals surface area contributed by atoms with Gasteiger partial charge in [-0.1, -0.05) is 91.0 Å². The van der Waals surface area contributed by atoms with E-state index in [-0.39, 0.29) is 19.4 Å². The second-order valence-electron chi connectivity index (χ2n) is 6.77. The van der Waals surface area contributed by atoms with E-state index in [0.29, 0.717) is 0 Å². The van der Waals surface area contributed by atoms with Crippen molar-refractivity contribution in [2.75, 3.05) is 0 Å². The van der Waals surface area contributed by atoms with Crippen molar-refractivity contribution in [3.8, 4) is 0 Å². The summed E-state index contributed by atoms with van der Waals surface area (Å²) >= 11 is 0. The molecule has 0 bridgehead atoms. The highest BCUT2D eigenvalue weighted by atomic mass is 16.5.